The summed E-state index contributed by atoms with van der Waals surface area (Å²) < 4.78 is 3.88. The minimum absolute atomic E-state index is 0.0844. The topological polar surface area (TPSA) is 87.4 Å². The maximum atomic E-state index is 13.1. The van der Waals surface area contributed by atoms with E-state index in [4.69, 9.17) is 0 Å². The largest absolute Gasteiger partial charge is 0.275 e. The summed E-state index contributed by atoms with van der Waals surface area (Å²) in [7, 11) is 1.79. The molecule has 0 bridgehead atoms. The van der Waals surface area contributed by atoms with Crippen molar-refractivity contribution >= 4 is 23.0 Å². The minimum atomic E-state index is -0.259. The highest BCUT2D eigenvalue weighted by Gasteiger charge is 2.13. The maximum Gasteiger partial charge on any atom is 0.273 e. The Morgan fingerprint density at radius 3 is 2.62 bits per heavy atom. The van der Waals surface area contributed by atoms with E-state index in [2.05, 4.69) is 5.10 Å². The molecular formula is C19H15N5OS. The van der Waals surface area contributed by atoms with Crippen LogP contribution in [0.4, 0.5) is 0 Å². The van der Waals surface area contributed by atoms with Gasteiger partial charge in [-0.1, -0.05) is 12.1 Å². The Hall–Kier alpha value is -3.42. The van der Waals surface area contributed by atoms with Gasteiger partial charge in [0.25, 0.3) is 5.56 Å². The first-order chi connectivity index (χ1) is 12.5. The standard InChI is InChI=1S/C19H15N5OS/c1-12-5-4-6-16(13(12)2)24-18(25)17(7-14-10-22-23(3)11-14)26-19(24)15(8-20)9-21/h4-7,10-11H,1-3H3. The van der Waals surface area contributed by atoms with Crippen LogP contribution in [0.3, 0.4) is 0 Å². The summed E-state index contributed by atoms with van der Waals surface area (Å²) in [6, 6.07) is 9.42. The molecule has 26 heavy (non-hydrogen) atoms. The van der Waals surface area contributed by atoms with Crippen molar-refractivity contribution < 1.29 is 0 Å². The summed E-state index contributed by atoms with van der Waals surface area (Å²) >= 11 is 1.13. The predicted molar refractivity (Wildman–Crippen MR) is 100 cm³/mol. The van der Waals surface area contributed by atoms with E-state index in [9.17, 15) is 15.3 Å². The molecule has 0 aliphatic rings. The van der Waals surface area contributed by atoms with Crippen LogP contribution in [0.15, 0.2) is 35.4 Å². The van der Waals surface area contributed by atoms with E-state index in [0.717, 1.165) is 28.0 Å². The van der Waals surface area contributed by atoms with Gasteiger partial charge in [0, 0.05) is 18.8 Å². The Morgan fingerprint density at radius 1 is 1.27 bits per heavy atom. The van der Waals surface area contributed by atoms with Crippen LogP contribution < -0.4 is 14.8 Å². The van der Waals surface area contributed by atoms with Gasteiger partial charge in [0.2, 0.25) is 0 Å². The van der Waals surface area contributed by atoms with Gasteiger partial charge in [0.05, 0.1) is 16.4 Å². The fourth-order valence-corrected chi connectivity index (χ4v) is 3.68. The molecule has 2 aromatic heterocycles. The number of thiazole rings is 1. The van der Waals surface area contributed by atoms with E-state index in [-0.39, 0.29) is 11.1 Å². The maximum absolute atomic E-state index is 13.1. The Labute approximate surface area is 153 Å². The van der Waals surface area contributed by atoms with Crippen molar-refractivity contribution in [3.8, 4) is 17.8 Å². The molecule has 6 nitrogen and oxygen atoms in total. The van der Waals surface area contributed by atoms with Gasteiger partial charge < -0.3 is 0 Å². The summed E-state index contributed by atoms with van der Waals surface area (Å²) in [5.74, 6) is 0. The van der Waals surface area contributed by atoms with Crippen molar-refractivity contribution in [2.75, 3.05) is 0 Å². The molecule has 0 aliphatic carbocycles. The SMILES string of the molecule is Cc1cccc(-n2c(=C(C#N)C#N)sc(=Cc3cnn(C)c3)c2=O)c1C. The molecule has 0 N–H and O–H groups in total. The zero-order chi connectivity index (χ0) is 18.8. The van der Waals surface area contributed by atoms with Crippen LogP contribution >= 0.6 is 11.3 Å². The number of nitriles is 2. The molecule has 0 spiro atoms. The first-order valence-corrected chi connectivity index (χ1v) is 8.61. The molecular weight excluding hydrogens is 346 g/mol. The number of benzene rings is 1. The van der Waals surface area contributed by atoms with E-state index >= 15 is 0 Å². The second-order valence-electron chi connectivity index (χ2n) is 5.82. The highest BCUT2D eigenvalue weighted by molar-refractivity contribution is 7.07. The molecule has 7 heteroatoms. The number of rotatable bonds is 2. The Kier molecular flexibility index (Phi) is 4.57. The minimum Gasteiger partial charge on any atom is -0.275 e. The third kappa shape index (κ3) is 2.97. The molecule has 0 atom stereocenters. The van der Waals surface area contributed by atoms with Crippen LogP contribution in [0.2, 0.25) is 0 Å². The summed E-state index contributed by atoms with van der Waals surface area (Å²) in [6.07, 6.45) is 5.16. The predicted octanol–water partition coefficient (Wildman–Crippen LogP) is 1.28. The quantitative estimate of drug-likeness (QED) is 0.688. The monoisotopic (exact) mass is 361 g/mol. The number of nitrogens with zero attached hydrogens (tertiary/aromatic N) is 5. The molecule has 3 rings (SSSR count). The lowest BCUT2D eigenvalue weighted by Gasteiger charge is -2.09. The van der Waals surface area contributed by atoms with E-state index in [0.29, 0.717) is 14.9 Å². The average molecular weight is 361 g/mol. The highest BCUT2D eigenvalue weighted by Crippen LogP contribution is 2.15. The lowest BCUT2D eigenvalue weighted by atomic mass is 10.1. The average Bonchev–Trinajstić information content (AvgIpc) is 3.16. The van der Waals surface area contributed by atoms with E-state index < -0.39 is 0 Å². The van der Waals surface area contributed by atoms with Gasteiger partial charge >= 0.3 is 0 Å². The molecule has 0 radical (unpaired) electrons. The van der Waals surface area contributed by atoms with Gasteiger partial charge in [-0.2, -0.15) is 15.6 Å². The first kappa shape index (κ1) is 17.4. The van der Waals surface area contributed by atoms with E-state index in [1.165, 1.54) is 4.57 Å². The van der Waals surface area contributed by atoms with Gasteiger partial charge in [-0.25, -0.2) is 0 Å². The number of hydrogen-bond donors (Lipinski definition) is 0. The highest BCUT2D eigenvalue weighted by atomic mass is 32.1. The van der Waals surface area contributed by atoms with Crippen molar-refractivity contribution in [3.05, 3.63) is 66.8 Å². The first-order valence-electron chi connectivity index (χ1n) is 7.79. The lowest BCUT2D eigenvalue weighted by Crippen LogP contribution is -2.31. The van der Waals surface area contributed by atoms with Crippen molar-refractivity contribution in [2.24, 2.45) is 7.05 Å². The van der Waals surface area contributed by atoms with Crippen molar-refractivity contribution in [2.45, 2.75) is 13.8 Å². The Morgan fingerprint density at radius 2 is 2.00 bits per heavy atom. The number of hydrogen-bond acceptors (Lipinski definition) is 5. The Balaban J connectivity index is 2.45. The summed E-state index contributed by atoms with van der Waals surface area (Å²) in [5.41, 5.74) is 3.07. The molecule has 0 unspecified atom stereocenters. The van der Waals surface area contributed by atoms with Crippen molar-refractivity contribution in [1.82, 2.24) is 14.3 Å². The second kappa shape index (κ2) is 6.83. The molecule has 0 amide bonds. The van der Waals surface area contributed by atoms with Gasteiger partial charge in [-0.15, -0.1) is 11.3 Å². The van der Waals surface area contributed by atoms with Crippen LogP contribution in [-0.4, -0.2) is 14.3 Å². The Bertz CT molecular complexity index is 1240. The molecule has 3 aromatic rings. The van der Waals surface area contributed by atoms with Crippen LogP contribution in [0.25, 0.3) is 17.3 Å². The van der Waals surface area contributed by atoms with Crippen LogP contribution in [0.5, 0.6) is 0 Å². The van der Waals surface area contributed by atoms with E-state index in [1.807, 2.05) is 44.2 Å². The molecule has 0 fully saturated rings. The zero-order valence-corrected chi connectivity index (χ0v) is 15.3. The fraction of sp³-hybridized carbons (Fsp3) is 0.158. The summed E-state index contributed by atoms with van der Waals surface area (Å²) in [5, 5.41) is 22.7. The van der Waals surface area contributed by atoms with Gasteiger partial charge in [-0.05, 0) is 37.1 Å². The normalized spacial score (nSPS) is 11.2. The molecule has 128 valence electrons. The van der Waals surface area contributed by atoms with Gasteiger partial charge in [0.15, 0.2) is 5.57 Å². The van der Waals surface area contributed by atoms with Crippen LogP contribution in [-0.2, 0) is 7.05 Å². The molecule has 0 aliphatic heterocycles. The third-order valence-electron chi connectivity index (χ3n) is 4.10. The number of aromatic nitrogens is 3. The van der Waals surface area contributed by atoms with Crippen LogP contribution in [0.1, 0.15) is 16.7 Å². The molecule has 2 heterocycles. The molecule has 0 saturated carbocycles. The molecule has 0 saturated heterocycles. The smallest absolute Gasteiger partial charge is 0.273 e. The number of aryl methyl sites for hydroxylation is 2. The zero-order valence-electron chi connectivity index (χ0n) is 14.5. The van der Waals surface area contributed by atoms with Crippen LogP contribution in [0, 0.1) is 36.5 Å². The van der Waals surface area contributed by atoms with Crippen molar-refractivity contribution in [1.29, 1.82) is 10.5 Å². The third-order valence-corrected chi connectivity index (χ3v) is 5.19. The van der Waals surface area contributed by atoms with Gasteiger partial charge in [0.1, 0.15) is 16.8 Å². The lowest BCUT2D eigenvalue weighted by molar-refractivity contribution is 0.767. The summed E-state index contributed by atoms with van der Waals surface area (Å²) in [6.45, 7) is 3.87. The second-order valence-corrected chi connectivity index (χ2v) is 6.85. The van der Waals surface area contributed by atoms with Crippen molar-refractivity contribution in [3.63, 3.8) is 0 Å². The fourth-order valence-electron chi connectivity index (χ4n) is 2.63. The van der Waals surface area contributed by atoms with Gasteiger partial charge in [-0.3, -0.25) is 14.0 Å². The van der Waals surface area contributed by atoms with E-state index in [1.54, 1.807) is 30.2 Å². The molecule has 1 aromatic carbocycles. The summed E-state index contributed by atoms with van der Waals surface area (Å²) in [4.78, 5) is 13.1.